The summed E-state index contributed by atoms with van der Waals surface area (Å²) < 4.78 is 34.7. The molecule has 0 radical (unpaired) electrons. The molecule has 0 amide bonds. The normalized spacial score (nSPS) is 15.0. The highest BCUT2D eigenvalue weighted by molar-refractivity contribution is 7.99. The van der Waals surface area contributed by atoms with Crippen LogP contribution in [0, 0.1) is 17.0 Å². The number of carboxylic acid groups (broad SMARTS) is 1. The molecule has 1 fully saturated rings. The number of hydrogen-bond acceptors (Lipinski definition) is 3. The van der Waals surface area contributed by atoms with E-state index in [-0.39, 0.29) is 22.8 Å². The fraction of sp³-hybridized carbons (Fsp3) is 0.381. The van der Waals surface area contributed by atoms with Crippen LogP contribution in [0.1, 0.15) is 33.1 Å². The van der Waals surface area contributed by atoms with Crippen LogP contribution in [0.2, 0.25) is 0 Å². The molecule has 144 valence electrons. The molecule has 0 aliphatic heterocycles. The van der Waals surface area contributed by atoms with E-state index in [2.05, 4.69) is 0 Å². The molecule has 0 saturated heterocycles. The van der Waals surface area contributed by atoms with E-state index in [0.29, 0.717) is 22.6 Å². The molecule has 1 N–H and O–H groups in total. The zero-order valence-electron chi connectivity index (χ0n) is 15.3. The van der Waals surface area contributed by atoms with Crippen molar-refractivity contribution in [1.82, 2.24) is 0 Å². The lowest BCUT2D eigenvalue weighted by molar-refractivity contribution is -0.138. The molecule has 0 aromatic heterocycles. The van der Waals surface area contributed by atoms with E-state index in [9.17, 15) is 13.6 Å². The van der Waals surface area contributed by atoms with Crippen LogP contribution in [0.5, 0.6) is 5.75 Å². The van der Waals surface area contributed by atoms with Gasteiger partial charge in [-0.1, -0.05) is 12.1 Å². The van der Waals surface area contributed by atoms with Gasteiger partial charge in [0.2, 0.25) is 0 Å². The first-order valence-electron chi connectivity index (χ1n) is 8.89. The molecule has 1 aliphatic rings. The Balaban J connectivity index is 1.78. The van der Waals surface area contributed by atoms with Gasteiger partial charge in [-0.05, 0) is 67.5 Å². The predicted molar refractivity (Wildman–Crippen MR) is 102 cm³/mol. The maximum Gasteiger partial charge on any atom is 0.303 e. The number of hydrogen-bond donors (Lipinski definition) is 1. The van der Waals surface area contributed by atoms with E-state index >= 15 is 0 Å². The number of benzene rings is 2. The summed E-state index contributed by atoms with van der Waals surface area (Å²) in [4.78, 5) is 10.9. The summed E-state index contributed by atoms with van der Waals surface area (Å²) in [7, 11) is 0. The lowest BCUT2D eigenvalue weighted by Gasteiger charge is -2.14. The molecular weight excluding hydrogens is 370 g/mol. The highest BCUT2D eigenvalue weighted by atomic mass is 32.2. The van der Waals surface area contributed by atoms with Gasteiger partial charge in [0.05, 0.1) is 17.4 Å². The van der Waals surface area contributed by atoms with E-state index in [1.807, 2.05) is 13.8 Å². The second kappa shape index (κ2) is 7.89. The van der Waals surface area contributed by atoms with Crippen LogP contribution < -0.4 is 4.74 Å². The average Bonchev–Trinajstić information content (AvgIpc) is 3.32. The molecule has 3 rings (SSSR count). The second-order valence-corrected chi connectivity index (χ2v) is 8.31. The van der Waals surface area contributed by atoms with Crippen molar-refractivity contribution in [2.75, 3.05) is 5.75 Å². The van der Waals surface area contributed by atoms with Crippen molar-refractivity contribution >= 4 is 17.7 Å². The molecule has 0 heterocycles. The van der Waals surface area contributed by atoms with Gasteiger partial charge in [-0.2, -0.15) is 0 Å². The van der Waals surface area contributed by atoms with Crippen molar-refractivity contribution in [3.8, 4) is 16.9 Å². The van der Waals surface area contributed by atoms with Crippen molar-refractivity contribution in [3.05, 3.63) is 48.0 Å². The van der Waals surface area contributed by atoms with Crippen LogP contribution in [0.25, 0.3) is 11.1 Å². The van der Waals surface area contributed by atoms with Gasteiger partial charge in [-0.3, -0.25) is 4.79 Å². The van der Waals surface area contributed by atoms with Gasteiger partial charge in [-0.15, -0.1) is 11.8 Å². The first kappa shape index (κ1) is 19.7. The Labute approximate surface area is 161 Å². The summed E-state index contributed by atoms with van der Waals surface area (Å²) in [5.41, 5.74) is 0.790. The van der Waals surface area contributed by atoms with Crippen LogP contribution in [-0.2, 0) is 4.79 Å². The zero-order valence-corrected chi connectivity index (χ0v) is 16.1. The second-order valence-electron chi connectivity index (χ2n) is 7.32. The minimum Gasteiger partial charge on any atom is -0.491 e. The van der Waals surface area contributed by atoms with Crippen molar-refractivity contribution in [2.24, 2.45) is 5.41 Å². The third-order valence-corrected chi connectivity index (χ3v) is 5.98. The number of rotatable bonds is 8. The average molecular weight is 392 g/mol. The van der Waals surface area contributed by atoms with E-state index in [4.69, 9.17) is 9.84 Å². The highest BCUT2D eigenvalue weighted by Gasteiger charge is 2.44. The van der Waals surface area contributed by atoms with E-state index in [0.717, 1.165) is 24.6 Å². The third-order valence-electron chi connectivity index (χ3n) is 4.54. The van der Waals surface area contributed by atoms with E-state index < -0.39 is 17.6 Å². The fourth-order valence-corrected chi connectivity index (χ4v) is 4.22. The number of aliphatic carboxylic acids is 1. The summed E-state index contributed by atoms with van der Waals surface area (Å²) in [5, 5.41) is 8.97. The molecule has 6 heteroatoms. The van der Waals surface area contributed by atoms with Crippen molar-refractivity contribution in [1.29, 1.82) is 0 Å². The first-order chi connectivity index (χ1) is 12.8. The van der Waals surface area contributed by atoms with Gasteiger partial charge in [0, 0.05) is 5.75 Å². The standard InChI is InChI=1S/C21H22F2O3S/c1-13(2)26-16-5-3-4-14(8-16)15-9-17(22)20(18(23)10-15)27-12-21(6-7-21)11-19(24)25/h3-5,8-10,13H,6-7,11-12H2,1-2H3,(H,24,25). The highest BCUT2D eigenvalue weighted by Crippen LogP contribution is 2.52. The summed E-state index contributed by atoms with van der Waals surface area (Å²) >= 11 is 1.06. The van der Waals surface area contributed by atoms with Crippen LogP contribution in [0.3, 0.4) is 0 Å². The molecule has 0 spiro atoms. The molecule has 0 bridgehead atoms. The summed E-state index contributed by atoms with van der Waals surface area (Å²) in [6.07, 6.45) is 1.63. The van der Waals surface area contributed by atoms with Crippen molar-refractivity contribution < 1.29 is 23.4 Å². The molecule has 27 heavy (non-hydrogen) atoms. The summed E-state index contributed by atoms with van der Waals surface area (Å²) in [6, 6.07) is 9.76. The minimum absolute atomic E-state index is 0.00745. The Morgan fingerprint density at radius 2 is 1.85 bits per heavy atom. The summed E-state index contributed by atoms with van der Waals surface area (Å²) in [6.45, 7) is 3.82. The zero-order chi connectivity index (χ0) is 19.6. The molecule has 2 aromatic rings. The van der Waals surface area contributed by atoms with Crippen molar-refractivity contribution in [2.45, 2.75) is 44.1 Å². The largest absolute Gasteiger partial charge is 0.491 e. The molecule has 1 saturated carbocycles. The maximum absolute atomic E-state index is 14.6. The lowest BCUT2D eigenvalue weighted by Crippen LogP contribution is -2.11. The maximum atomic E-state index is 14.6. The molecule has 2 aromatic carbocycles. The van der Waals surface area contributed by atoms with Crippen LogP contribution >= 0.6 is 11.8 Å². The number of carbonyl (C=O) groups is 1. The van der Waals surface area contributed by atoms with Gasteiger partial charge >= 0.3 is 5.97 Å². The monoisotopic (exact) mass is 392 g/mol. The molecule has 0 unspecified atom stereocenters. The molecule has 3 nitrogen and oxygen atoms in total. The quantitative estimate of drug-likeness (QED) is 0.580. The minimum atomic E-state index is -0.868. The number of thioether (sulfide) groups is 1. The Morgan fingerprint density at radius 3 is 2.41 bits per heavy atom. The number of halogens is 2. The summed E-state index contributed by atoms with van der Waals surface area (Å²) in [5.74, 6) is -1.07. The Hall–Kier alpha value is -2.08. The third kappa shape index (κ3) is 5.01. The first-order valence-corrected chi connectivity index (χ1v) is 9.87. The smallest absolute Gasteiger partial charge is 0.303 e. The Morgan fingerprint density at radius 1 is 1.19 bits per heavy atom. The Bertz CT molecular complexity index is 824. The van der Waals surface area contributed by atoms with Crippen LogP contribution in [0.4, 0.5) is 8.78 Å². The SMILES string of the molecule is CC(C)Oc1cccc(-c2cc(F)c(SCC3(CC(=O)O)CC3)c(F)c2)c1. The Kier molecular flexibility index (Phi) is 5.75. The van der Waals surface area contributed by atoms with Gasteiger partial charge in [-0.25, -0.2) is 8.78 Å². The topological polar surface area (TPSA) is 46.5 Å². The van der Waals surface area contributed by atoms with Gasteiger partial charge in [0.1, 0.15) is 17.4 Å². The van der Waals surface area contributed by atoms with E-state index in [1.54, 1.807) is 24.3 Å². The molecule has 0 atom stereocenters. The van der Waals surface area contributed by atoms with E-state index in [1.165, 1.54) is 12.1 Å². The van der Waals surface area contributed by atoms with Crippen LogP contribution in [0.15, 0.2) is 41.3 Å². The molecular formula is C21H22F2O3S. The van der Waals surface area contributed by atoms with Gasteiger partial charge in [0.25, 0.3) is 0 Å². The molecule has 1 aliphatic carbocycles. The number of carboxylic acids is 1. The van der Waals surface area contributed by atoms with Crippen LogP contribution in [-0.4, -0.2) is 22.9 Å². The van der Waals surface area contributed by atoms with Gasteiger partial charge in [0.15, 0.2) is 0 Å². The van der Waals surface area contributed by atoms with Crippen molar-refractivity contribution in [3.63, 3.8) is 0 Å². The lowest BCUT2D eigenvalue weighted by atomic mass is 10.1. The number of ether oxygens (including phenoxy) is 1. The predicted octanol–water partition coefficient (Wildman–Crippen LogP) is 5.77. The fourth-order valence-electron chi connectivity index (χ4n) is 2.98. The van der Waals surface area contributed by atoms with Gasteiger partial charge < -0.3 is 9.84 Å².